The molecule has 0 spiro atoms. The minimum absolute atomic E-state index is 0.0801. The van der Waals surface area contributed by atoms with Gasteiger partial charge in [0.25, 0.3) is 5.91 Å². The van der Waals surface area contributed by atoms with Gasteiger partial charge in [0.1, 0.15) is 5.75 Å². The van der Waals surface area contributed by atoms with Gasteiger partial charge in [0.05, 0.1) is 12.0 Å². The van der Waals surface area contributed by atoms with Crippen LogP contribution in [0.2, 0.25) is 0 Å². The molecule has 1 heterocycles. The van der Waals surface area contributed by atoms with E-state index in [1.54, 1.807) is 0 Å². The number of hydrogen-bond donors (Lipinski definition) is 2. The monoisotopic (exact) mass is 318 g/mol. The van der Waals surface area contributed by atoms with Crippen molar-refractivity contribution in [2.45, 2.75) is 10.3 Å². The predicted molar refractivity (Wildman–Crippen MR) is 73.1 cm³/mol. The fourth-order valence-corrected chi connectivity index (χ4v) is 4.92. The second-order valence-corrected chi connectivity index (χ2v) is 7.07. The molecule has 0 radical (unpaired) electrons. The van der Waals surface area contributed by atoms with Crippen LogP contribution in [0.3, 0.4) is 0 Å². The highest BCUT2D eigenvalue weighted by Gasteiger charge is 2.40. The molecule has 9 heteroatoms. The molecule has 7 nitrogen and oxygen atoms in total. The molecule has 1 aromatic carbocycles. The Balaban J connectivity index is 2.31. The summed E-state index contributed by atoms with van der Waals surface area (Å²) in [6.45, 7) is 0.219. The first-order valence-corrected chi connectivity index (χ1v) is 8.21. The molecule has 1 fully saturated rings. The zero-order chi connectivity index (χ0) is 14.8. The van der Waals surface area contributed by atoms with Gasteiger partial charge in [-0.3, -0.25) is 10.0 Å². The summed E-state index contributed by atoms with van der Waals surface area (Å²) in [4.78, 5) is 11.6. The number of sulfonamides is 1. The number of amides is 1. The summed E-state index contributed by atoms with van der Waals surface area (Å²) in [6.07, 6.45) is 0. The van der Waals surface area contributed by atoms with Crippen LogP contribution in [-0.4, -0.2) is 48.6 Å². The van der Waals surface area contributed by atoms with Crippen LogP contribution in [0.4, 0.5) is 0 Å². The summed E-state index contributed by atoms with van der Waals surface area (Å²) >= 11 is 1.16. The van der Waals surface area contributed by atoms with Crippen molar-refractivity contribution in [1.82, 2.24) is 9.79 Å². The maximum atomic E-state index is 12.5. The van der Waals surface area contributed by atoms with Crippen LogP contribution in [0.1, 0.15) is 0 Å². The normalized spacial score (nSPS) is 19.8. The molecule has 2 rings (SSSR count). The van der Waals surface area contributed by atoms with Crippen LogP contribution in [-0.2, 0) is 14.8 Å². The molecule has 0 saturated carbocycles. The Hall–Kier alpha value is -1.29. The number of rotatable bonds is 4. The largest absolute Gasteiger partial charge is 0.497 e. The van der Waals surface area contributed by atoms with Gasteiger partial charge in [0.15, 0.2) is 5.37 Å². The van der Waals surface area contributed by atoms with Crippen molar-refractivity contribution in [1.29, 1.82) is 0 Å². The second kappa shape index (κ2) is 6.00. The van der Waals surface area contributed by atoms with Crippen LogP contribution in [0, 0.1) is 0 Å². The summed E-state index contributed by atoms with van der Waals surface area (Å²) in [5.74, 6) is 0.294. The Morgan fingerprint density at radius 1 is 1.45 bits per heavy atom. The van der Waals surface area contributed by atoms with E-state index < -0.39 is 21.3 Å². The van der Waals surface area contributed by atoms with Crippen molar-refractivity contribution < 1.29 is 23.2 Å². The smallest absolute Gasteiger partial charge is 0.272 e. The fourth-order valence-electron chi connectivity index (χ4n) is 1.85. The average molecular weight is 318 g/mol. The number of ether oxygens (including phenoxy) is 1. The molecule has 1 atom stereocenters. The van der Waals surface area contributed by atoms with Gasteiger partial charge >= 0.3 is 0 Å². The number of nitrogens with zero attached hydrogens (tertiary/aromatic N) is 1. The summed E-state index contributed by atoms with van der Waals surface area (Å²) in [6, 6.07) is 5.92. The molecule has 1 unspecified atom stereocenters. The van der Waals surface area contributed by atoms with E-state index in [2.05, 4.69) is 0 Å². The molecule has 1 aromatic rings. The molecule has 0 aliphatic carbocycles. The Kier molecular flexibility index (Phi) is 4.53. The van der Waals surface area contributed by atoms with Crippen molar-refractivity contribution in [3.05, 3.63) is 24.3 Å². The van der Waals surface area contributed by atoms with Gasteiger partial charge in [-0.05, 0) is 24.3 Å². The molecule has 2 N–H and O–H groups in total. The molecule has 0 bridgehead atoms. The van der Waals surface area contributed by atoms with E-state index in [1.165, 1.54) is 36.9 Å². The average Bonchev–Trinajstić information content (AvgIpc) is 2.96. The zero-order valence-electron chi connectivity index (χ0n) is 10.6. The van der Waals surface area contributed by atoms with E-state index in [-0.39, 0.29) is 11.4 Å². The van der Waals surface area contributed by atoms with Gasteiger partial charge in [-0.2, -0.15) is 4.31 Å². The minimum atomic E-state index is -3.78. The molecule has 110 valence electrons. The molecule has 1 amide bonds. The molecule has 20 heavy (non-hydrogen) atoms. The third kappa shape index (κ3) is 2.75. The Morgan fingerprint density at radius 3 is 2.65 bits per heavy atom. The third-order valence-corrected chi connectivity index (χ3v) is 6.06. The van der Waals surface area contributed by atoms with Gasteiger partial charge in [0, 0.05) is 12.3 Å². The quantitative estimate of drug-likeness (QED) is 0.611. The topological polar surface area (TPSA) is 95.9 Å². The number of carbonyl (C=O) groups excluding carboxylic acids is 1. The Morgan fingerprint density at radius 2 is 2.10 bits per heavy atom. The maximum Gasteiger partial charge on any atom is 0.272 e. The van der Waals surface area contributed by atoms with Crippen molar-refractivity contribution in [2.24, 2.45) is 0 Å². The van der Waals surface area contributed by atoms with Crippen LogP contribution in [0.5, 0.6) is 5.75 Å². The van der Waals surface area contributed by atoms with Gasteiger partial charge in [0.2, 0.25) is 10.0 Å². The Bertz CT molecular complexity index is 587. The van der Waals surface area contributed by atoms with Gasteiger partial charge < -0.3 is 4.74 Å². The lowest BCUT2D eigenvalue weighted by molar-refractivity contribution is -0.130. The highest BCUT2D eigenvalue weighted by atomic mass is 32.2. The Labute approximate surface area is 120 Å². The molecule has 1 aliphatic rings. The molecule has 0 aromatic heterocycles. The lowest BCUT2D eigenvalue weighted by atomic mass is 10.3. The molecule has 1 saturated heterocycles. The summed E-state index contributed by atoms with van der Waals surface area (Å²) in [7, 11) is -2.29. The number of benzene rings is 1. The first-order valence-electron chi connectivity index (χ1n) is 5.72. The number of nitrogens with one attached hydrogen (secondary N) is 1. The first kappa shape index (κ1) is 15.1. The maximum absolute atomic E-state index is 12.5. The van der Waals surface area contributed by atoms with Gasteiger partial charge in [-0.15, -0.1) is 11.8 Å². The van der Waals surface area contributed by atoms with E-state index >= 15 is 0 Å². The lowest BCUT2D eigenvalue weighted by Gasteiger charge is -2.21. The van der Waals surface area contributed by atoms with Crippen molar-refractivity contribution in [3.8, 4) is 5.75 Å². The van der Waals surface area contributed by atoms with Crippen molar-refractivity contribution in [3.63, 3.8) is 0 Å². The number of carbonyl (C=O) groups is 1. The number of hydroxylamine groups is 1. The lowest BCUT2D eigenvalue weighted by Crippen LogP contribution is -2.43. The van der Waals surface area contributed by atoms with E-state index in [0.29, 0.717) is 11.5 Å². The van der Waals surface area contributed by atoms with Gasteiger partial charge in [-0.1, -0.05) is 0 Å². The predicted octanol–water partition coefficient (Wildman–Crippen LogP) is 0.264. The molecular formula is C11H14N2O5S2. The number of methoxy groups -OCH3 is 1. The van der Waals surface area contributed by atoms with Crippen LogP contribution in [0.15, 0.2) is 29.2 Å². The standard InChI is InChI=1S/C11H14N2O5S2/c1-18-8-2-4-9(5-3-8)20(16,17)13-6-7-19-11(13)10(14)12-15/h2-5,11,15H,6-7H2,1H3,(H,12,14). The van der Waals surface area contributed by atoms with E-state index in [9.17, 15) is 13.2 Å². The highest BCUT2D eigenvalue weighted by Crippen LogP contribution is 2.30. The summed E-state index contributed by atoms with van der Waals surface area (Å²) in [5.41, 5.74) is 1.49. The first-order chi connectivity index (χ1) is 9.50. The van der Waals surface area contributed by atoms with E-state index in [0.717, 1.165) is 16.1 Å². The third-order valence-electron chi connectivity index (χ3n) is 2.85. The van der Waals surface area contributed by atoms with Crippen molar-refractivity contribution in [2.75, 3.05) is 19.4 Å². The summed E-state index contributed by atoms with van der Waals surface area (Å²) < 4.78 is 31.0. The van der Waals surface area contributed by atoms with E-state index in [1.807, 2.05) is 0 Å². The summed E-state index contributed by atoms with van der Waals surface area (Å²) in [5, 5.41) is 7.71. The molecular weight excluding hydrogens is 304 g/mol. The van der Waals surface area contributed by atoms with Gasteiger partial charge in [-0.25, -0.2) is 13.9 Å². The highest BCUT2D eigenvalue weighted by molar-refractivity contribution is 8.02. The van der Waals surface area contributed by atoms with Crippen LogP contribution < -0.4 is 10.2 Å². The van der Waals surface area contributed by atoms with Crippen molar-refractivity contribution >= 4 is 27.7 Å². The van der Waals surface area contributed by atoms with E-state index in [4.69, 9.17) is 9.94 Å². The fraction of sp³-hybridized carbons (Fsp3) is 0.364. The van der Waals surface area contributed by atoms with Crippen LogP contribution >= 0.6 is 11.8 Å². The minimum Gasteiger partial charge on any atom is -0.497 e. The number of hydrogen-bond acceptors (Lipinski definition) is 6. The number of thioether (sulfide) groups is 1. The second-order valence-electron chi connectivity index (χ2n) is 3.99. The zero-order valence-corrected chi connectivity index (χ0v) is 12.3. The van der Waals surface area contributed by atoms with Crippen LogP contribution in [0.25, 0.3) is 0 Å². The molecule has 1 aliphatic heterocycles. The SMILES string of the molecule is COc1ccc(S(=O)(=O)N2CCSC2C(=O)NO)cc1.